The van der Waals surface area contributed by atoms with Crippen molar-refractivity contribution >= 4 is 22.6 Å². The van der Waals surface area contributed by atoms with Crippen molar-refractivity contribution in [3.8, 4) is 17.1 Å². The predicted octanol–water partition coefficient (Wildman–Crippen LogP) is 2.61. The molecule has 8 heteroatoms. The molecule has 152 valence electrons. The maximum atomic E-state index is 12.9. The van der Waals surface area contributed by atoms with Crippen LogP contribution in [-0.2, 0) is 0 Å². The number of fused-ring (bicyclic) bond motifs is 1. The first-order valence-corrected chi connectivity index (χ1v) is 9.36. The fraction of sp³-hybridized carbons (Fsp3) is 0.136. The number of imidazole rings is 1. The number of benzene rings is 2. The first kappa shape index (κ1) is 19.6. The van der Waals surface area contributed by atoms with E-state index in [0.717, 1.165) is 11.1 Å². The lowest BCUT2D eigenvalue weighted by atomic mass is 10.1. The zero-order valence-electron chi connectivity index (χ0n) is 15.9. The molecule has 30 heavy (non-hydrogen) atoms. The number of rotatable bonds is 7. The third-order valence-electron chi connectivity index (χ3n) is 4.44. The lowest BCUT2D eigenvalue weighted by molar-refractivity contribution is 0.0536. The molecule has 2 heterocycles. The van der Waals surface area contributed by atoms with E-state index in [2.05, 4.69) is 20.3 Å². The summed E-state index contributed by atoms with van der Waals surface area (Å²) < 4.78 is 5.42. The number of aromatic nitrogens is 3. The van der Waals surface area contributed by atoms with Gasteiger partial charge in [-0.25, -0.2) is 4.98 Å². The first-order chi connectivity index (χ1) is 14.6. The number of nitrogens with zero attached hydrogens (tertiary/aromatic N) is 2. The van der Waals surface area contributed by atoms with Gasteiger partial charge in [0.2, 0.25) is 0 Å². The summed E-state index contributed by atoms with van der Waals surface area (Å²) >= 11 is 0. The quantitative estimate of drug-likeness (QED) is 0.376. The molecule has 0 bridgehead atoms. The minimum atomic E-state index is -0.963. The summed E-state index contributed by atoms with van der Waals surface area (Å²) in [6.07, 6.45) is 2.43. The number of H-pyrrole nitrogens is 1. The highest BCUT2D eigenvalue weighted by Gasteiger charge is 2.15. The number of aromatic amines is 1. The van der Waals surface area contributed by atoms with Crippen LogP contribution in [0, 0.1) is 0 Å². The van der Waals surface area contributed by atoms with Crippen molar-refractivity contribution in [3.63, 3.8) is 0 Å². The highest BCUT2D eigenvalue weighted by molar-refractivity contribution is 6.11. The second-order valence-electron chi connectivity index (χ2n) is 6.66. The molecule has 2 aromatic carbocycles. The van der Waals surface area contributed by atoms with Crippen LogP contribution in [0.4, 0.5) is 5.69 Å². The number of ether oxygens (including phenoxy) is 1. The molecule has 0 aliphatic carbocycles. The predicted molar refractivity (Wildman–Crippen MR) is 112 cm³/mol. The monoisotopic (exact) mass is 404 g/mol. The van der Waals surface area contributed by atoms with Crippen molar-refractivity contribution in [2.24, 2.45) is 0 Å². The fourth-order valence-corrected chi connectivity index (χ4v) is 2.96. The fourth-order valence-electron chi connectivity index (χ4n) is 2.96. The van der Waals surface area contributed by atoms with Crippen LogP contribution < -0.4 is 10.1 Å². The number of carbonyl (C=O) groups excluding carboxylic acids is 1. The van der Waals surface area contributed by atoms with E-state index >= 15 is 0 Å². The average Bonchev–Trinajstić information content (AvgIpc) is 3.22. The molecule has 1 atom stereocenters. The molecular weight excluding hydrogens is 384 g/mol. The average molecular weight is 404 g/mol. The Kier molecular flexibility index (Phi) is 5.69. The maximum Gasteiger partial charge on any atom is 0.257 e. The van der Waals surface area contributed by atoms with E-state index < -0.39 is 6.10 Å². The van der Waals surface area contributed by atoms with Gasteiger partial charge in [0.25, 0.3) is 5.91 Å². The van der Waals surface area contributed by atoms with Crippen LogP contribution in [0.5, 0.6) is 5.75 Å². The number of carbonyl (C=O) groups is 1. The molecule has 0 aliphatic heterocycles. The topological polar surface area (TPSA) is 120 Å². The largest absolute Gasteiger partial charge is 0.491 e. The summed E-state index contributed by atoms with van der Waals surface area (Å²) in [6.45, 7) is -0.428. The van der Waals surface area contributed by atoms with Crippen molar-refractivity contribution in [3.05, 3.63) is 72.6 Å². The summed E-state index contributed by atoms with van der Waals surface area (Å²) in [5.74, 6) is 0.797. The van der Waals surface area contributed by atoms with Crippen molar-refractivity contribution in [2.75, 3.05) is 18.5 Å². The van der Waals surface area contributed by atoms with Gasteiger partial charge in [-0.15, -0.1) is 0 Å². The van der Waals surface area contributed by atoms with Gasteiger partial charge in [0.15, 0.2) is 0 Å². The number of aliphatic hydroxyl groups is 2. The summed E-state index contributed by atoms with van der Waals surface area (Å²) in [7, 11) is 0. The van der Waals surface area contributed by atoms with E-state index in [1.54, 1.807) is 48.8 Å². The molecular formula is C22H20N4O4. The van der Waals surface area contributed by atoms with Gasteiger partial charge >= 0.3 is 0 Å². The number of aliphatic hydroxyl groups excluding tert-OH is 2. The number of hydrogen-bond acceptors (Lipinski definition) is 6. The molecule has 4 N–H and O–H groups in total. The van der Waals surface area contributed by atoms with Crippen molar-refractivity contribution in [1.29, 1.82) is 0 Å². The minimum Gasteiger partial charge on any atom is -0.491 e. The van der Waals surface area contributed by atoms with Gasteiger partial charge in [0.1, 0.15) is 29.8 Å². The molecule has 1 amide bonds. The molecule has 0 aliphatic rings. The van der Waals surface area contributed by atoms with Gasteiger partial charge in [-0.05, 0) is 36.4 Å². The van der Waals surface area contributed by atoms with Crippen LogP contribution in [0.2, 0.25) is 0 Å². The third kappa shape index (κ3) is 4.29. The summed E-state index contributed by atoms with van der Waals surface area (Å²) in [5, 5.41) is 21.1. The molecule has 0 spiro atoms. The molecule has 8 nitrogen and oxygen atoms in total. The molecule has 4 rings (SSSR count). The van der Waals surface area contributed by atoms with E-state index in [9.17, 15) is 9.90 Å². The number of para-hydroxylation sites is 1. The maximum absolute atomic E-state index is 12.9. The Bertz CT molecular complexity index is 1160. The van der Waals surface area contributed by atoms with Crippen LogP contribution in [0.15, 0.2) is 67.0 Å². The number of nitrogens with one attached hydrogen (secondary N) is 2. The summed E-state index contributed by atoms with van der Waals surface area (Å²) in [4.78, 5) is 24.8. The smallest absolute Gasteiger partial charge is 0.257 e. The van der Waals surface area contributed by atoms with E-state index in [-0.39, 0.29) is 19.1 Å². The van der Waals surface area contributed by atoms with Gasteiger partial charge in [0.05, 0.1) is 17.7 Å². The molecule has 0 radical (unpaired) electrons. The summed E-state index contributed by atoms with van der Waals surface area (Å²) in [5.41, 5.74) is 3.11. The van der Waals surface area contributed by atoms with Gasteiger partial charge in [0, 0.05) is 29.7 Å². The Balaban J connectivity index is 1.56. The molecule has 4 aromatic rings. The van der Waals surface area contributed by atoms with Crippen molar-refractivity contribution < 1.29 is 19.7 Å². The van der Waals surface area contributed by atoms with Crippen molar-refractivity contribution in [1.82, 2.24) is 15.0 Å². The lowest BCUT2D eigenvalue weighted by Gasteiger charge is -2.11. The van der Waals surface area contributed by atoms with Crippen molar-refractivity contribution in [2.45, 2.75) is 6.10 Å². The standard InChI is InChI=1S/C22H20N4O4/c27-12-16(28)13-30-17-6-1-5-15(10-17)24-22(29)18-7-2-8-19-20(18)26-21(25-19)14-4-3-9-23-11-14/h1-11,16,27-28H,12-13H2,(H,24,29)(H,25,26). The Hall–Kier alpha value is -3.75. The minimum absolute atomic E-state index is 0.0441. The van der Waals surface area contributed by atoms with Gasteiger partial charge in [-0.1, -0.05) is 12.1 Å². The number of amides is 1. The Morgan fingerprint density at radius 1 is 1.17 bits per heavy atom. The molecule has 0 fully saturated rings. The Labute approximate surface area is 172 Å². The first-order valence-electron chi connectivity index (χ1n) is 9.36. The van der Waals surface area contributed by atoms with Crippen LogP contribution in [0.1, 0.15) is 10.4 Å². The van der Waals surface area contributed by atoms with Crippen LogP contribution in [0.25, 0.3) is 22.4 Å². The highest BCUT2D eigenvalue weighted by atomic mass is 16.5. The second kappa shape index (κ2) is 8.73. The normalized spacial score (nSPS) is 11.9. The number of pyridine rings is 1. The number of anilines is 1. The van der Waals surface area contributed by atoms with Gasteiger partial charge in [-0.2, -0.15) is 0 Å². The zero-order chi connectivity index (χ0) is 20.9. The van der Waals surface area contributed by atoms with E-state index in [4.69, 9.17) is 9.84 Å². The molecule has 0 saturated carbocycles. The summed E-state index contributed by atoms with van der Waals surface area (Å²) in [6, 6.07) is 15.9. The van der Waals surface area contributed by atoms with Crippen LogP contribution in [-0.4, -0.2) is 50.4 Å². The van der Waals surface area contributed by atoms with Gasteiger partial charge in [-0.3, -0.25) is 9.78 Å². The van der Waals surface area contributed by atoms with Crippen LogP contribution in [0.3, 0.4) is 0 Å². The van der Waals surface area contributed by atoms with Crippen LogP contribution >= 0.6 is 0 Å². The van der Waals surface area contributed by atoms with Gasteiger partial charge < -0.3 is 25.3 Å². The van der Waals surface area contributed by atoms with E-state index in [1.165, 1.54) is 0 Å². The molecule has 2 aromatic heterocycles. The third-order valence-corrected chi connectivity index (χ3v) is 4.44. The van der Waals surface area contributed by atoms with E-state index in [1.807, 2.05) is 18.2 Å². The SMILES string of the molecule is O=C(Nc1cccc(OCC(O)CO)c1)c1cccc2[nH]c(-c3cccnc3)nc12. The lowest BCUT2D eigenvalue weighted by Crippen LogP contribution is -2.21. The second-order valence-corrected chi connectivity index (χ2v) is 6.66. The number of hydrogen-bond donors (Lipinski definition) is 4. The highest BCUT2D eigenvalue weighted by Crippen LogP contribution is 2.24. The molecule has 1 unspecified atom stereocenters. The Morgan fingerprint density at radius 3 is 2.83 bits per heavy atom. The Morgan fingerprint density at radius 2 is 2.03 bits per heavy atom. The van der Waals surface area contributed by atoms with E-state index in [0.29, 0.717) is 28.3 Å². The molecule has 0 saturated heterocycles. The zero-order valence-corrected chi connectivity index (χ0v) is 15.9.